The van der Waals surface area contributed by atoms with Crippen LogP contribution in [-0.4, -0.2) is 94.1 Å². The van der Waals surface area contributed by atoms with Crippen molar-refractivity contribution >= 4 is 40.6 Å². The van der Waals surface area contributed by atoms with Gasteiger partial charge in [-0.1, -0.05) is 110 Å². The van der Waals surface area contributed by atoms with Crippen molar-refractivity contribution < 1.29 is 48.3 Å². The summed E-state index contributed by atoms with van der Waals surface area (Å²) >= 11 is 0. The van der Waals surface area contributed by atoms with Crippen LogP contribution in [0.3, 0.4) is 0 Å². The highest BCUT2D eigenvalue weighted by Gasteiger charge is 2.75. The van der Waals surface area contributed by atoms with Crippen LogP contribution in [0, 0.1) is 17.8 Å². The monoisotopic (exact) mass is 957 g/mol. The number of aromatic nitrogens is 2. The lowest BCUT2D eigenvalue weighted by atomic mass is 9.65. The fraction of sp³-hybridized carbons (Fsp3) is 0.339. The Kier molecular flexibility index (Phi) is 13.4. The molecule has 4 N–H and O–H groups in total. The Labute approximate surface area is 411 Å². The molecule has 3 fully saturated rings. The lowest BCUT2D eigenvalue weighted by Crippen LogP contribution is -2.55. The highest BCUT2D eigenvalue weighted by Crippen LogP contribution is 2.66. The maximum Gasteiger partial charge on any atom is 0.421 e. The Bertz CT molecular complexity index is 2950. The molecule has 0 unspecified atom stereocenters. The van der Waals surface area contributed by atoms with Gasteiger partial charge in [0.1, 0.15) is 47.9 Å². The Morgan fingerprint density at radius 3 is 2.24 bits per heavy atom. The number of hydrogen-bond acceptors (Lipinski definition) is 12. The summed E-state index contributed by atoms with van der Waals surface area (Å²) in [7, 11) is 1.46. The van der Waals surface area contributed by atoms with Gasteiger partial charge < -0.3 is 39.5 Å². The van der Waals surface area contributed by atoms with E-state index < -0.39 is 65.0 Å². The molecular weight excluding hydrogens is 903 g/mol. The molecule has 6 aromatic rings. The Morgan fingerprint density at radius 1 is 0.831 bits per heavy atom. The van der Waals surface area contributed by atoms with E-state index in [0.717, 1.165) is 41.7 Å². The fourth-order valence-electron chi connectivity index (χ4n) is 11.1. The molecule has 0 radical (unpaired) electrons. The van der Waals surface area contributed by atoms with Gasteiger partial charge in [-0.15, -0.1) is 0 Å². The van der Waals surface area contributed by atoms with Gasteiger partial charge in [-0.2, -0.15) is 0 Å². The van der Waals surface area contributed by atoms with E-state index in [2.05, 4.69) is 22.1 Å². The van der Waals surface area contributed by atoms with Gasteiger partial charge in [0, 0.05) is 12.7 Å². The molecule has 10 rings (SSSR count). The zero-order valence-corrected chi connectivity index (χ0v) is 39.3. The van der Waals surface area contributed by atoms with Crippen molar-refractivity contribution in [3.63, 3.8) is 0 Å². The van der Waals surface area contributed by atoms with Gasteiger partial charge in [0.05, 0.1) is 54.5 Å². The second kappa shape index (κ2) is 20.2. The Morgan fingerprint density at radius 2 is 1.54 bits per heavy atom. The first-order valence-corrected chi connectivity index (χ1v) is 24.2. The number of carbonyl (C=O) groups is 4. The third-order valence-corrected chi connectivity index (χ3v) is 14.2. The van der Waals surface area contributed by atoms with E-state index in [1.54, 1.807) is 42.5 Å². The third kappa shape index (κ3) is 8.82. The molecule has 0 bridgehead atoms. The van der Waals surface area contributed by atoms with E-state index in [0.29, 0.717) is 46.6 Å². The van der Waals surface area contributed by atoms with E-state index in [-0.39, 0.29) is 44.2 Å². The standard InChI is InChI=1S/C56H55N5O10/c1-68-32-33-70-54(66)60-44-25-20-36(26-29-55(67)27-12-2-3-13-28-55)34-41(44)56(53(60)65)46(51(63)57-35-45-58-42-18-10-11-19-43(42)59-45)48-52(64)71-49(38-16-8-5-9-17-38)47(37-14-6-4-7-15-37)61(48)50(56)39-21-23-40(24-22-39)69-31-30-62/h4-11,14-25,34,46-50,62,67H,2-3,12-13,27-28,30-33,35H2,1H3,(H,57,63)(H,58,59)/t46-,47-,48-,49+,50+,56-/m1/s1. The summed E-state index contributed by atoms with van der Waals surface area (Å²) in [5, 5.41) is 24.4. The number of hydrogen-bond donors (Lipinski definition) is 4. The van der Waals surface area contributed by atoms with Crippen LogP contribution >= 0.6 is 0 Å². The molecule has 364 valence electrons. The number of H-pyrrole nitrogens is 1. The topological polar surface area (TPSA) is 193 Å². The van der Waals surface area contributed by atoms with E-state index in [4.69, 9.17) is 23.9 Å². The molecule has 3 aliphatic heterocycles. The number of carbonyl (C=O) groups excluding carboxylic acids is 4. The predicted molar refractivity (Wildman–Crippen MR) is 262 cm³/mol. The van der Waals surface area contributed by atoms with Crippen molar-refractivity contribution in [2.45, 2.75) is 80.3 Å². The first-order valence-electron chi connectivity index (χ1n) is 24.2. The smallest absolute Gasteiger partial charge is 0.421 e. The number of cyclic esters (lactones) is 1. The zero-order chi connectivity index (χ0) is 49.1. The number of para-hydroxylation sites is 2. The molecule has 15 nitrogen and oxygen atoms in total. The Balaban J connectivity index is 1.24. The first kappa shape index (κ1) is 47.3. The normalized spacial score (nSPS) is 23.5. The van der Waals surface area contributed by atoms with E-state index >= 15 is 14.4 Å². The number of anilines is 1. The fourth-order valence-corrected chi connectivity index (χ4v) is 11.1. The number of nitrogens with zero attached hydrogens (tertiary/aromatic N) is 3. The minimum absolute atomic E-state index is 0.0278. The van der Waals surface area contributed by atoms with Crippen LogP contribution in [0.25, 0.3) is 11.0 Å². The number of morpholine rings is 1. The molecule has 1 saturated carbocycles. The lowest BCUT2D eigenvalue weighted by Gasteiger charge is -2.46. The van der Waals surface area contributed by atoms with Crippen LogP contribution in [0.15, 0.2) is 127 Å². The number of esters is 1. The highest BCUT2D eigenvalue weighted by molar-refractivity contribution is 6.23. The molecule has 71 heavy (non-hydrogen) atoms. The summed E-state index contributed by atoms with van der Waals surface area (Å²) in [5.41, 5.74) is 0.869. The molecule has 1 aliphatic carbocycles. The number of nitrogens with one attached hydrogen (secondary N) is 2. The summed E-state index contributed by atoms with van der Waals surface area (Å²) in [4.78, 5) is 73.3. The van der Waals surface area contributed by atoms with Crippen LogP contribution in [-0.2, 0) is 40.6 Å². The summed E-state index contributed by atoms with van der Waals surface area (Å²) in [6.45, 7) is -0.434. The van der Waals surface area contributed by atoms with Gasteiger partial charge in [0.25, 0.3) is 0 Å². The van der Waals surface area contributed by atoms with Gasteiger partial charge in [0.15, 0.2) is 0 Å². The van der Waals surface area contributed by atoms with Crippen LogP contribution in [0.1, 0.15) is 90.4 Å². The van der Waals surface area contributed by atoms with Crippen molar-refractivity contribution in [1.82, 2.24) is 20.2 Å². The van der Waals surface area contributed by atoms with Crippen molar-refractivity contribution in [2.75, 3.05) is 38.4 Å². The summed E-state index contributed by atoms with van der Waals surface area (Å²) in [6, 6.07) is 34.9. The average molecular weight is 958 g/mol. The number of amides is 3. The summed E-state index contributed by atoms with van der Waals surface area (Å²) in [5.74, 6) is 3.45. The number of aliphatic hydroxyl groups is 2. The van der Waals surface area contributed by atoms with Gasteiger partial charge in [-0.3, -0.25) is 19.3 Å². The van der Waals surface area contributed by atoms with Gasteiger partial charge in [-0.25, -0.2) is 14.7 Å². The molecule has 1 aromatic heterocycles. The molecular formula is C56H55N5O10. The third-order valence-electron chi connectivity index (χ3n) is 14.2. The number of fused-ring (bicyclic) bond motifs is 4. The Hall–Kier alpha value is -7.35. The number of aromatic amines is 1. The number of rotatable bonds is 12. The van der Waals surface area contributed by atoms with E-state index in [1.165, 1.54) is 7.11 Å². The minimum atomic E-state index is -2.08. The van der Waals surface area contributed by atoms with Crippen LogP contribution in [0.4, 0.5) is 10.5 Å². The molecule has 4 heterocycles. The van der Waals surface area contributed by atoms with Crippen LogP contribution in [0.2, 0.25) is 0 Å². The van der Waals surface area contributed by atoms with E-state index in [9.17, 15) is 15.0 Å². The zero-order valence-electron chi connectivity index (χ0n) is 39.3. The molecule has 15 heteroatoms. The summed E-state index contributed by atoms with van der Waals surface area (Å²) < 4.78 is 23.4. The number of imidazole rings is 1. The SMILES string of the molecule is COCCOC(=O)N1C(=O)[C@@]2(c3cc(C#CC4(O)CCCCCC4)ccc31)[C@H](c1ccc(OCCO)cc1)N1[C@H](c3ccccc3)[C@H](c3ccccc3)OC(=O)[C@H]1[C@@H]2C(=O)NCc1nc2ccccc2[nH]1. The molecule has 4 aliphatic rings. The second-order valence-corrected chi connectivity index (χ2v) is 18.5. The molecule has 1 spiro atoms. The van der Waals surface area contributed by atoms with Crippen molar-refractivity contribution in [3.05, 3.63) is 161 Å². The van der Waals surface area contributed by atoms with Crippen LogP contribution < -0.4 is 15.0 Å². The summed E-state index contributed by atoms with van der Waals surface area (Å²) in [6.07, 6.45) is 2.71. The minimum Gasteiger partial charge on any atom is -0.491 e. The number of methoxy groups -OCH3 is 1. The van der Waals surface area contributed by atoms with Gasteiger partial charge in [0.2, 0.25) is 11.8 Å². The highest BCUT2D eigenvalue weighted by atomic mass is 16.6. The van der Waals surface area contributed by atoms with Gasteiger partial charge in [-0.05, 0) is 90.4 Å². The number of ether oxygens (including phenoxy) is 4. The lowest BCUT2D eigenvalue weighted by molar-refractivity contribution is -0.178. The van der Waals surface area contributed by atoms with E-state index in [1.807, 2.05) is 89.8 Å². The molecule has 3 amide bonds. The predicted octanol–water partition coefficient (Wildman–Crippen LogP) is 7.14. The van der Waals surface area contributed by atoms with Gasteiger partial charge >= 0.3 is 12.1 Å². The quantitative estimate of drug-likeness (QED) is 0.0420. The maximum absolute atomic E-state index is 16.5. The largest absolute Gasteiger partial charge is 0.491 e. The van der Waals surface area contributed by atoms with Crippen molar-refractivity contribution in [3.8, 4) is 17.6 Å². The van der Waals surface area contributed by atoms with Crippen molar-refractivity contribution in [2.24, 2.45) is 5.92 Å². The average Bonchev–Trinajstić information content (AvgIpc) is 3.98. The molecule has 2 saturated heterocycles. The number of aliphatic hydroxyl groups excluding tert-OH is 1. The molecule has 5 aromatic carbocycles. The van der Waals surface area contributed by atoms with Crippen molar-refractivity contribution in [1.29, 1.82) is 0 Å². The maximum atomic E-state index is 16.5. The number of benzene rings is 5. The second-order valence-electron chi connectivity index (χ2n) is 18.5. The van der Waals surface area contributed by atoms with Crippen LogP contribution in [0.5, 0.6) is 5.75 Å². The number of imide groups is 1. The first-order chi connectivity index (χ1) is 34.6. The molecule has 6 atom stereocenters.